The Hall–Kier alpha value is -0.320. The van der Waals surface area contributed by atoms with E-state index in [2.05, 4.69) is 19.1 Å². The van der Waals surface area contributed by atoms with Gasteiger partial charge in [0.15, 0.2) is 0 Å². The molecule has 5 heteroatoms. The van der Waals surface area contributed by atoms with Crippen molar-refractivity contribution in [2.75, 3.05) is 6.61 Å². The third-order valence-electron chi connectivity index (χ3n) is 5.77. The predicted molar refractivity (Wildman–Crippen MR) is 112 cm³/mol. The average Bonchev–Trinajstić information content (AvgIpc) is 2.70. The van der Waals surface area contributed by atoms with E-state index < -0.39 is 17.8 Å². The second kappa shape index (κ2) is 19.6. The van der Waals surface area contributed by atoms with E-state index in [0.717, 1.165) is 38.5 Å². The molecule has 0 aromatic heterocycles. The number of aliphatic carboxylic acids is 1. The summed E-state index contributed by atoms with van der Waals surface area (Å²) in [6.45, 7) is 2.65. The van der Waals surface area contributed by atoms with Gasteiger partial charge in [-0.3, -0.25) is 4.79 Å². The molecule has 0 bridgehead atoms. The van der Waals surface area contributed by atoms with Crippen molar-refractivity contribution >= 4 is 11.9 Å². The molecule has 0 heterocycles. The molecule has 1 aliphatic rings. The molecule has 2 atom stereocenters. The number of ether oxygens (including phenoxy) is 1. The van der Waals surface area contributed by atoms with E-state index in [1.165, 1.54) is 51.4 Å². The van der Waals surface area contributed by atoms with Crippen LogP contribution in [0.1, 0.15) is 110 Å². The monoisotopic (exact) mass is 416 g/mol. The van der Waals surface area contributed by atoms with Crippen molar-refractivity contribution in [3.05, 3.63) is 12.2 Å². The Kier molecular flexibility index (Phi) is 19.4. The second-order valence-electron chi connectivity index (χ2n) is 8.21. The fourth-order valence-electron chi connectivity index (χ4n) is 3.97. The SMILES string of the molecule is CCCCCCCCC/C=C/CCCCCOC(=O)C1CCCCC1C(=O)[O-].[Na+]. The van der Waals surface area contributed by atoms with Gasteiger partial charge in [-0.1, -0.05) is 70.4 Å². The Bertz CT molecular complexity index is 450. The molecule has 1 fully saturated rings. The van der Waals surface area contributed by atoms with E-state index in [1.807, 2.05) is 0 Å². The summed E-state index contributed by atoms with van der Waals surface area (Å²) in [5.74, 6) is -2.62. The molecule has 4 nitrogen and oxygen atoms in total. The molecular weight excluding hydrogens is 375 g/mol. The van der Waals surface area contributed by atoms with Gasteiger partial charge in [0.2, 0.25) is 0 Å². The first-order valence-electron chi connectivity index (χ1n) is 11.7. The van der Waals surface area contributed by atoms with Crippen LogP contribution in [0.2, 0.25) is 0 Å². The molecule has 0 aromatic carbocycles. The second-order valence-corrected chi connectivity index (χ2v) is 8.21. The van der Waals surface area contributed by atoms with Crippen LogP contribution in [-0.4, -0.2) is 18.5 Å². The molecule has 0 radical (unpaired) electrons. The van der Waals surface area contributed by atoms with Gasteiger partial charge in [-0.15, -0.1) is 0 Å². The van der Waals surface area contributed by atoms with Crippen LogP contribution in [-0.2, 0) is 14.3 Å². The topological polar surface area (TPSA) is 66.4 Å². The molecular formula is C24H41NaO4. The summed E-state index contributed by atoms with van der Waals surface area (Å²) in [4.78, 5) is 23.3. The predicted octanol–water partition coefficient (Wildman–Crippen LogP) is 2.35. The fraction of sp³-hybridized carbons (Fsp3) is 0.833. The number of unbranched alkanes of at least 4 members (excludes halogenated alkanes) is 10. The summed E-state index contributed by atoms with van der Waals surface area (Å²) in [5.41, 5.74) is 0. The van der Waals surface area contributed by atoms with Crippen molar-refractivity contribution in [3.8, 4) is 0 Å². The number of allylic oxidation sites excluding steroid dienone is 2. The van der Waals surface area contributed by atoms with Gasteiger partial charge in [0.1, 0.15) is 0 Å². The van der Waals surface area contributed by atoms with Crippen LogP contribution >= 0.6 is 0 Å². The Morgan fingerprint density at radius 2 is 1.34 bits per heavy atom. The van der Waals surface area contributed by atoms with Crippen LogP contribution in [0.3, 0.4) is 0 Å². The molecule has 0 N–H and O–H groups in total. The van der Waals surface area contributed by atoms with E-state index >= 15 is 0 Å². The van der Waals surface area contributed by atoms with Crippen LogP contribution < -0.4 is 34.7 Å². The first-order valence-corrected chi connectivity index (χ1v) is 11.7. The molecule has 1 saturated carbocycles. The Balaban J connectivity index is 0.00000784. The van der Waals surface area contributed by atoms with Crippen LogP contribution in [0.4, 0.5) is 0 Å². The van der Waals surface area contributed by atoms with Gasteiger partial charge in [-0.2, -0.15) is 0 Å². The molecule has 0 aliphatic heterocycles. The molecule has 1 rings (SSSR count). The van der Waals surface area contributed by atoms with Gasteiger partial charge in [-0.05, 0) is 51.4 Å². The molecule has 0 aromatic rings. The van der Waals surface area contributed by atoms with E-state index in [0.29, 0.717) is 19.4 Å². The number of carboxylic acid groups (broad SMARTS) is 1. The summed E-state index contributed by atoms with van der Waals surface area (Å²) in [6.07, 6.45) is 22.2. The van der Waals surface area contributed by atoms with E-state index in [9.17, 15) is 14.7 Å². The Morgan fingerprint density at radius 1 is 0.828 bits per heavy atom. The molecule has 162 valence electrons. The summed E-state index contributed by atoms with van der Waals surface area (Å²) in [7, 11) is 0. The normalized spacial score (nSPS) is 19.1. The summed E-state index contributed by atoms with van der Waals surface area (Å²) in [6, 6.07) is 0. The quantitative estimate of drug-likeness (QED) is 0.168. The maximum Gasteiger partial charge on any atom is 1.00 e. The summed E-state index contributed by atoms with van der Waals surface area (Å²) < 4.78 is 5.32. The molecule has 0 spiro atoms. The maximum atomic E-state index is 12.1. The van der Waals surface area contributed by atoms with Gasteiger partial charge in [0, 0.05) is 11.9 Å². The third kappa shape index (κ3) is 14.3. The van der Waals surface area contributed by atoms with Gasteiger partial charge in [-0.25, -0.2) is 0 Å². The number of hydrogen-bond donors (Lipinski definition) is 0. The smallest absolute Gasteiger partial charge is 0.550 e. The summed E-state index contributed by atoms with van der Waals surface area (Å²) in [5, 5.41) is 11.2. The van der Waals surface area contributed by atoms with Gasteiger partial charge < -0.3 is 14.6 Å². The van der Waals surface area contributed by atoms with Crippen molar-refractivity contribution in [2.45, 2.75) is 110 Å². The van der Waals surface area contributed by atoms with Crippen molar-refractivity contribution in [2.24, 2.45) is 11.8 Å². The number of carbonyl (C=O) groups is 2. The number of rotatable bonds is 16. The van der Waals surface area contributed by atoms with Crippen LogP contribution in [0, 0.1) is 11.8 Å². The largest absolute Gasteiger partial charge is 1.00 e. The minimum absolute atomic E-state index is 0. The Labute approximate surface area is 200 Å². The molecule has 1 aliphatic carbocycles. The zero-order valence-corrected chi connectivity index (χ0v) is 21.0. The molecule has 29 heavy (non-hydrogen) atoms. The minimum Gasteiger partial charge on any atom is -0.550 e. The number of carbonyl (C=O) groups excluding carboxylic acids is 2. The van der Waals surface area contributed by atoms with Crippen LogP contribution in [0.15, 0.2) is 12.2 Å². The standard InChI is InChI=1S/C24H42O4.Na/c1-2-3-4-5-6-7-8-9-10-11-12-13-14-17-20-28-24(27)22-19-16-15-18-21(22)23(25)26;/h10-11,21-22H,2-9,12-20H2,1H3,(H,25,26);/q;+1/p-1/b11-10+;. The average molecular weight is 417 g/mol. The first kappa shape index (κ1) is 28.7. The van der Waals surface area contributed by atoms with Gasteiger partial charge in [0.05, 0.1) is 12.5 Å². The Morgan fingerprint density at radius 3 is 1.93 bits per heavy atom. The van der Waals surface area contributed by atoms with Crippen molar-refractivity contribution in [1.29, 1.82) is 0 Å². The van der Waals surface area contributed by atoms with Gasteiger partial charge >= 0.3 is 35.5 Å². The van der Waals surface area contributed by atoms with Crippen molar-refractivity contribution < 1.29 is 49.0 Å². The van der Waals surface area contributed by atoms with Crippen molar-refractivity contribution in [3.63, 3.8) is 0 Å². The van der Waals surface area contributed by atoms with Gasteiger partial charge in [0.25, 0.3) is 0 Å². The zero-order chi connectivity index (χ0) is 20.5. The fourth-order valence-corrected chi connectivity index (χ4v) is 3.97. The molecule has 0 saturated heterocycles. The number of esters is 1. The number of hydrogen-bond acceptors (Lipinski definition) is 4. The van der Waals surface area contributed by atoms with Crippen LogP contribution in [0.5, 0.6) is 0 Å². The first-order chi connectivity index (χ1) is 13.7. The minimum atomic E-state index is -1.11. The number of carboxylic acids is 1. The zero-order valence-electron chi connectivity index (χ0n) is 19.0. The maximum absolute atomic E-state index is 12.1. The van der Waals surface area contributed by atoms with E-state index in [1.54, 1.807) is 0 Å². The van der Waals surface area contributed by atoms with E-state index in [4.69, 9.17) is 4.74 Å². The third-order valence-corrected chi connectivity index (χ3v) is 5.77. The molecule has 0 amide bonds. The summed E-state index contributed by atoms with van der Waals surface area (Å²) >= 11 is 0. The van der Waals surface area contributed by atoms with Crippen molar-refractivity contribution in [1.82, 2.24) is 0 Å². The molecule has 2 unspecified atom stereocenters. The van der Waals surface area contributed by atoms with Crippen LogP contribution in [0.25, 0.3) is 0 Å². The van der Waals surface area contributed by atoms with E-state index in [-0.39, 0.29) is 35.5 Å².